The summed E-state index contributed by atoms with van der Waals surface area (Å²) >= 11 is 0. The molecule has 0 aliphatic carbocycles. The summed E-state index contributed by atoms with van der Waals surface area (Å²) in [6, 6.07) is 11.8. The van der Waals surface area contributed by atoms with Crippen molar-refractivity contribution in [3.8, 4) is 0 Å². The van der Waals surface area contributed by atoms with Gasteiger partial charge in [-0.05, 0) is 48.4 Å². The molecule has 0 aliphatic heterocycles. The third-order valence-electron chi connectivity index (χ3n) is 3.47. The average molecular weight is 307 g/mol. The van der Waals surface area contributed by atoms with Crippen LogP contribution in [0.2, 0.25) is 0 Å². The first-order valence-electron chi connectivity index (χ1n) is 6.87. The van der Waals surface area contributed by atoms with Gasteiger partial charge in [0.1, 0.15) is 0 Å². The van der Waals surface area contributed by atoms with E-state index in [1.54, 1.807) is 25.2 Å². The normalized spacial score (nSPS) is 11.3. The fourth-order valence-corrected chi connectivity index (χ4v) is 2.11. The van der Waals surface area contributed by atoms with Crippen molar-refractivity contribution in [3.63, 3.8) is 0 Å². The molecule has 0 bridgehead atoms. The molecule has 0 saturated heterocycles. The highest BCUT2D eigenvalue weighted by Gasteiger charge is 2.30. The number of rotatable bonds is 3. The van der Waals surface area contributed by atoms with Crippen LogP contribution >= 0.6 is 0 Å². The van der Waals surface area contributed by atoms with E-state index in [2.05, 4.69) is 0 Å². The van der Waals surface area contributed by atoms with Gasteiger partial charge in [0.25, 0.3) is 5.91 Å². The van der Waals surface area contributed by atoms with Crippen molar-refractivity contribution in [1.29, 1.82) is 0 Å². The number of nitrogens with zero attached hydrogens (tertiary/aromatic N) is 1. The average Bonchev–Trinajstić information content (AvgIpc) is 2.53. The number of hydrogen-bond donors (Lipinski definition) is 0. The third-order valence-corrected chi connectivity index (χ3v) is 3.47. The molecule has 116 valence electrons. The Morgan fingerprint density at radius 1 is 1.09 bits per heavy atom. The molecular weight excluding hydrogens is 291 g/mol. The van der Waals surface area contributed by atoms with E-state index in [0.717, 1.165) is 24.1 Å². The zero-order valence-electron chi connectivity index (χ0n) is 12.3. The van der Waals surface area contributed by atoms with Crippen molar-refractivity contribution in [2.45, 2.75) is 19.5 Å². The number of carbonyl (C=O) groups excluding carboxylic acids is 1. The zero-order chi connectivity index (χ0) is 16.3. The predicted molar refractivity (Wildman–Crippen MR) is 80.0 cm³/mol. The second-order valence-corrected chi connectivity index (χ2v) is 4.96. The van der Waals surface area contributed by atoms with Gasteiger partial charge in [0.2, 0.25) is 0 Å². The summed E-state index contributed by atoms with van der Waals surface area (Å²) in [5.74, 6) is -0.255. The Labute approximate surface area is 127 Å². The van der Waals surface area contributed by atoms with Crippen LogP contribution in [-0.2, 0) is 12.6 Å². The Kier molecular flexibility index (Phi) is 4.54. The molecule has 0 unspecified atom stereocenters. The van der Waals surface area contributed by atoms with Gasteiger partial charge in [0, 0.05) is 18.3 Å². The van der Waals surface area contributed by atoms with E-state index in [1.807, 2.05) is 13.0 Å². The molecule has 0 radical (unpaired) electrons. The molecule has 0 spiro atoms. The standard InChI is InChI=1S/C17H16F3NO/c1-3-12-5-4-6-13(11-12)16(22)21(2)15-9-7-14(8-10-15)17(18,19)20/h4-11H,3H2,1-2H3. The molecule has 0 saturated carbocycles. The number of anilines is 1. The molecule has 0 aromatic heterocycles. The molecule has 5 heteroatoms. The molecular formula is C17H16F3NO. The molecule has 2 rings (SSSR count). The second kappa shape index (κ2) is 6.22. The lowest BCUT2D eigenvalue weighted by molar-refractivity contribution is -0.137. The van der Waals surface area contributed by atoms with Crippen LogP contribution in [0.15, 0.2) is 48.5 Å². The molecule has 22 heavy (non-hydrogen) atoms. The van der Waals surface area contributed by atoms with Crippen molar-refractivity contribution in [1.82, 2.24) is 0 Å². The number of aryl methyl sites for hydroxylation is 1. The Morgan fingerprint density at radius 3 is 2.27 bits per heavy atom. The van der Waals surface area contributed by atoms with Gasteiger partial charge in [-0.2, -0.15) is 13.2 Å². The number of alkyl halides is 3. The molecule has 0 N–H and O–H groups in total. The number of amides is 1. The van der Waals surface area contributed by atoms with Crippen LogP contribution in [0.1, 0.15) is 28.4 Å². The minimum absolute atomic E-state index is 0.255. The summed E-state index contributed by atoms with van der Waals surface area (Å²) in [7, 11) is 1.55. The van der Waals surface area contributed by atoms with Crippen LogP contribution in [0.5, 0.6) is 0 Å². The van der Waals surface area contributed by atoms with E-state index in [0.29, 0.717) is 11.3 Å². The maximum Gasteiger partial charge on any atom is 0.416 e. The van der Waals surface area contributed by atoms with Crippen LogP contribution in [0.4, 0.5) is 18.9 Å². The molecule has 0 aliphatic rings. The molecule has 0 heterocycles. The van der Waals surface area contributed by atoms with E-state index < -0.39 is 11.7 Å². The summed E-state index contributed by atoms with van der Waals surface area (Å²) in [6.45, 7) is 1.99. The summed E-state index contributed by atoms with van der Waals surface area (Å²) in [5, 5.41) is 0. The maximum atomic E-state index is 12.5. The van der Waals surface area contributed by atoms with Crippen molar-refractivity contribution >= 4 is 11.6 Å². The Hall–Kier alpha value is -2.30. The van der Waals surface area contributed by atoms with Gasteiger partial charge < -0.3 is 4.90 Å². The van der Waals surface area contributed by atoms with Crippen LogP contribution in [0, 0.1) is 0 Å². The van der Waals surface area contributed by atoms with Gasteiger partial charge >= 0.3 is 6.18 Å². The van der Waals surface area contributed by atoms with E-state index in [1.165, 1.54) is 17.0 Å². The highest BCUT2D eigenvalue weighted by Crippen LogP contribution is 2.30. The first-order chi connectivity index (χ1) is 10.3. The highest BCUT2D eigenvalue weighted by atomic mass is 19.4. The zero-order valence-corrected chi connectivity index (χ0v) is 12.3. The van der Waals surface area contributed by atoms with Gasteiger partial charge in [-0.25, -0.2) is 0 Å². The number of benzene rings is 2. The van der Waals surface area contributed by atoms with Gasteiger partial charge in [-0.15, -0.1) is 0 Å². The van der Waals surface area contributed by atoms with E-state index in [9.17, 15) is 18.0 Å². The van der Waals surface area contributed by atoms with E-state index in [4.69, 9.17) is 0 Å². The fourth-order valence-electron chi connectivity index (χ4n) is 2.11. The number of halogens is 3. The van der Waals surface area contributed by atoms with Crippen molar-refractivity contribution in [3.05, 3.63) is 65.2 Å². The molecule has 2 aromatic carbocycles. The third kappa shape index (κ3) is 3.47. The lowest BCUT2D eigenvalue weighted by Gasteiger charge is -2.18. The SMILES string of the molecule is CCc1cccc(C(=O)N(C)c2ccc(C(F)(F)F)cc2)c1. The largest absolute Gasteiger partial charge is 0.416 e. The Bertz CT molecular complexity index is 662. The molecule has 2 aromatic rings. The van der Waals surface area contributed by atoms with Crippen molar-refractivity contribution < 1.29 is 18.0 Å². The minimum Gasteiger partial charge on any atom is -0.311 e. The molecule has 0 fully saturated rings. The summed E-state index contributed by atoms with van der Waals surface area (Å²) in [5.41, 5.74) is 1.23. The molecule has 1 amide bonds. The smallest absolute Gasteiger partial charge is 0.311 e. The number of carbonyl (C=O) groups is 1. The second-order valence-electron chi connectivity index (χ2n) is 4.96. The van der Waals surface area contributed by atoms with Gasteiger partial charge in [-0.3, -0.25) is 4.79 Å². The summed E-state index contributed by atoms with van der Waals surface area (Å²) < 4.78 is 37.6. The lowest BCUT2D eigenvalue weighted by Crippen LogP contribution is -2.26. The Morgan fingerprint density at radius 2 is 1.73 bits per heavy atom. The lowest BCUT2D eigenvalue weighted by atomic mass is 10.1. The number of hydrogen-bond acceptors (Lipinski definition) is 1. The minimum atomic E-state index is -4.38. The summed E-state index contributed by atoms with van der Waals surface area (Å²) in [4.78, 5) is 13.7. The van der Waals surface area contributed by atoms with Crippen molar-refractivity contribution in [2.24, 2.45) is 0 Å². The van der Waals surface area contributed by atoms with Gasteiger partial charge in [-0.1, -0.05) is 19.1 Å². The predicted octanol–water partition coefficient (Wildman–Crippen LogP) is 4.54. The molecule has 0 atom stereocenters. The Balaban J connectivity index is 2.23. The highest BCUT2D eigenvalue weighted by molar-refractivity contribution is 6.05. The monoisotopic (exact) mass is 307 g/mol. The van der Waals surface area contributed by atoms with Crippen LogP contribution in [-0.4, -0.2) is 13.0 Å². The van der Waals surface area contributed by atoms with Gasteiger partial charge in [0.05, 0.1) is 5.56 Å². The maximum absolute atomic E-state index is 12.5. The topological polar surface area (TPSA) is 20.3 Å². The molecule has 2 nitrogen and oxygen atoms in total. The van der Waals surface area contributed by atoms with Gasteiger partial charge in [0.15, 0.2) is 0 Å². The summed E-state index contributed by atoms with van der Waals surface area (Å²) in [6.07, 6.45) is -3.57. The van der Waals surface area contributed by atoms with Crippen LogP contribution in [0.25, 0.3) is 0 Å². The van der Waals surface area contributed by atoms with E-state index in [-0.39, 0.29) is 5.91 Å². The first kappa shape index (κ1) is 16.1. The fraction of sp³-hybridized carbons (Fsp3) is 0.235. The van der Waals surface area contributed by atoms with Crippen molar-refractivity contribution in [2.75, 3.05) is 11.9 Å². The quantitative estimate of drug-likeness (QED) is 0.815. The van der Waals surface area contributed by atoms with Crippen LogP contribution in [0.3, 0.4) is 0 Å². The van der Waals surface area contributed by atoms with E-state index >= 15 is 0 Å². The first-order valence-corrected chi connectivity index (χ1v) is 6.87. The van der Waals surface area contributed by atoms with Crippen LogP contribution < -0.4 is 4.90 Å².